The van der Waals surface area contributed by atoms with Gasteiger partial charge in [0.15, 0.2) is 5.82 Å². The van der Waals surface area contributed by atoms with E-state index in [1.165, 1.54) is 0 Å². The summed E-state index contributed by atoms with van der Waals surface area (Å²) in [4.78, 5) is 13.2. The summed E-state index contributed by atoms with van der Waals surface area (Å²) in [5.74, 6) is -1.87. The van der Waals surface area contributed by atoms with Crippen molar-refractivity contribution in [3.8, 4) is 0 Å². The molecule has 0 aromatic carbocycles. The van der Waals surface area contributed by atoms with Crippen molar-refractivity contribution in [3.63, 3.8) is 0 Å². The van der Waals surface area contributed by atoms with Gasteiger partial charge in [-0.25, -0.2) is 0 Å². The Balaban J connectivity index is 0.000000810. The van der Waals surface area contributed by atoms with Crippen molar-refractivity contribution in [2.45, 2.75) is 0 Å². The molecule has 0 amide bonds. The molecule has 0 saturated carbocycles. The SMILES string of the molecule is Nc1n[nH]c(C(=O)[O-])n1.[K+]. The molecule has 1 heterocycles. The van der Waals surface area contributed by atoms with Crippen molar-refractivity contribution >= 4 is 11.9 Å². The van der Waals surface area contributed by atoms with Gasteiger partial charge in [-0.2, -0.15) is 4.98 Å². The number of hydrogen-bond donors (Lipinski definition) is 2. The van der Waals surface area contributed by atoms with Crippen molar-refractivity contribution in [1.82, 2.24) is 15.2 Å². The summed E-state index contributed by atoms with van der Waals surface area (Å²) < 4.78 is 0. The van der Waals surface area contributed by atoms with E-state index in [1.807, 2.05) is 0 Å². The Morgan fingerprint density at radius 2 is 2.30 bits per heavy atom. The standard InChI is InChI=1S/C3H4N4O2.K/c4-3-5-1(2(8)9)6-7-3;/h(H,8,9)(H3,4,5,6,7);/q;+1/p-1. The number of nitrogens with zero attached hydrogens (tertiary/aromatic N) is 2. The van der Waals surface area contributed by atoms with Crippen LogP contribution >= 0.6 is 0 Å². The van der Waals surface area contributed by atoms with Crippen LogP contribution in [0.2, 0.25) is 0 Å². The summed E-state index contributed by atoms with van der Waals surface area (Å²) in [5, 5.41) is 15.2. The third-order valence-corrected chi connectivity index (χ3v) is 0.696. The van der Waals surface area contributed by atoms with E-state index in [1.54, 1.807) is 0 Å². The van der Waals surface area contributed by atoms with Crippen LogP contribution in [0.1, 0.15) is 10.6 Å². The van der Waals surface area contributed by atoms with Crippen molar-refractivity contribution in [2.75, 3.05) is 5.73 Å². The Kier molecular flexibility index (Phi) is 4.05. The summed E-state index contributed by atoms with van der Waals surface area (Å²) in [5.41, 5.74) is 4.97. The van der Waals surface area contributed by atoms with Crippen molar-refractivity contribution in [2.24, 2.45) is 0 Å². The average Bonchev–Trinajstić information content (AvgIpc) is 2.14. The minimum Gasteiger partial charge on any atom is -0.542 e. The largest absolute Gasteiger partial charge is 1.00 e. The molecular weight excluding hydrogens is 163 g/mol. The van der Waals surface area contributed by atoms with Crippen LogP contribution in [0.5, 0.6) is 0 Å². The molecule has 7 heteroatoms. The first-order valence-electron chi connectivity index (χ1n) is 2.09. The van der Waals surface area contributed by atoms with Gasteiger partial charge in [0, 0.05) is 0 Å². The third-order valence-electron chi connectivity index (χ3n) is 0.696. The molecule has 0 atom stereocenters. The van der Waals surface area contributed by atoms with E-state index < -0.39 is 5.97 Å². The molecule has 1 aromatic rings. The molecule has 0 bridgehead atoms. The Hall–Kier alpha value is 0.0464. The number of aromatic nitrogens is 3. The van der Waals surface area contributed by atoms with Gasteiger partial charge in [0.05, 0.1) is 0 Å². The Morgan fingerprint density at radius 1 is 1.70 bits per heavy atom. The molecule has 0 radical (unpaired) electrons. The van der Waals surface area contributed by atoms with Crippen LogP contribution in [0.4, 0.5) is 5.95 Å². The summed E-state index contributed by atoms with van der Waals surface area (Å²) in [6, 6.07) is 0. The third kappa shape index (κ3) is 2.35. The smallest absolute Gasteiger partial charge is 0.542 e. The fraction of sp³-hybridized carbons (Fsp3) is 0. The number of carboxylic acids is 1. The molecule has 0 aliphatic rings. The van der Waals surface area contributed by atoms with Gasteiger partial charge in [-0.3, -0.25) is 5.10 Å². The van der Waals surface area contributed by atoms with Crippen LogP contribution in [0, 0.1) is 0 Å². The fourth-order valence-electron chi connectivity index (χ4n) is 0.366. The number of nitrogens with one attached hydrogen (secondary N) is 1. The molecule has 0 saturated heterocycles. The number of carbonyl (C=O) groups is 1. The average molecular weight is 166 g/mol. The topological polar surface area (TPSA) is 108 Å². The van der Waals surface area contributed by atoms with E-state index in [0.717, 1.165) is 0 Å². The molecule has 1 rings (SSSR count). The van der Waals surface area contributed by atoms with Gasteiger partial charge in [-0.05, 0) is 0 Å². The Labute approximate surface area is 98.6 Å². The van der Waals surface area contributed by atoms with Gasteiger partial charge in [0.1, 0.15) is 5.97 Å². The fourth-order valence-corrected chi connectivity index (χ4v) is 0.366. The number of aromatic carboxylic acids is 1. The molecule has 0 aliphatic heterocycles. The summed E-state index contributed by atoms with van der Waals surface area (Å²) in [7, 11) is 0. The Bertz CT molecular complexity index is 234. The molecule has 0 unspecified atom stereocenters. The zero-order valence-electron chi connectivity index (χ0n) is 5.29. The zero-order chi connectivity index (χ0) is 6.85. The second-order valence-electron chi connectivity index (χ2n) is 1.33. The van der Waals surface area contributed by atoms with E-state index in [0.29, 0.717) is 0 Å². The van der Waals surface area contributed by atoms with Crippen LogP contribution in [-0.2, 0) is 0 Å². The monoisotopic (exact) mass is 166 g/mol. The van der Waals surface area contributed by atoms with Crippen LogP contribution in [-0.4, -0.2) is 21.2 Å². The van der Waals surface area contributed by atoms with Crippen molar-refractivity contribution in [3.05, 3.63) is 5.82 Å². The maximum Gasteiger partial charge on any atom is 1.00 e. The summed E-state index contributed by atoms with van der Waals surface area (Å²) >= 11 is 0. The first kappa shape index (κ1) is 10.0. The van der Waals surface area contributed by atoms with Crippen molar-refractivity contribution < 1.29 is 61.3 Å². The molecule has 6 nitrogen and oxygen atoms in total. The summed E-state index contributed by atoms with van der Waals surface area (Å²) in [6.07, 6.45) is 0. The van der Waals surface area contributed by atoms with E-state index in [2.05, 4.69) is 15.2 Å². The zero-order valence-corrected chi connectivity index (χ0v) is 8.41. The van der Waals surface area contributed by atoms with Gasteiger partial charge in [0.25, 0.3) is 0 Å². The number of aromatic amines is 1. The maximum atomic E-state index is 9.91. The van der Waals surface area contributed by atoms with Crippen LogP contribution in [0.3, 0.4) is 0 Å². The molecular formula is C3H3KN4O2. The predicted octanol–water partition coefficient (Wildman–Crippen LogP) is -5.25. The van der Waals surface area contributed by atoms with Gasteiger partial charge >= 0.3 is 51.4 Å². The molecule has 3 N–H and O–H groups in total. The van der Waals surface area contributed by atoms with Crippen molar-refractivity contribution in [1.29, 1.82) is 0 Å². The van der Waals surface area contributed by atoms with E-state index in [-0.39, 0.29) is 63.2 Å². The second-order valence-corrected chi connectivity index (χ2v) is 1.33. The minimum absolute atomic E-state index is 0. The molecule has 10 heavy (non-hydrogen) atoms. The number of carbonyl (C=O) groups excluding carboxylic acids is 1. The van der Waals surface area contributed by atoms with Crippen LogP contribution < -0.4 is 62.2 Å². The van der Waals surface area contributed by atoms with Gasteiger partial charge < -0.3 is 15.6 Å². The molecule has 0 fully saturated rings. The Morgan fingerprint density at radius 3 is 2.50 bits per heavy atom. The van der Waals surface area contributed by atoms with Crippen LogP contribution in [0.15, 0.2) is 0 Å². The van der Waals surface area contributed by atoms with E-state index in [4.69, 9.17) is 5.73 Å². The van der Waals surface area contributed by atoms with Gasteiger partial charge in [0.2, 0.25) is 5.95 Å². The molecule has 1 aromatic heterocycles. The first-order chi connectivity index (χ1) is 4.20. The normalized spacial score (nSPS) is 8.40. The molecule has 0 spiro atoms. The predicted molar refractivity (Wildman–Crippen MR) is 25.1 cm³/mol. The number of nitrogen functional groups attached to an aromatic ring is 1. The quantitative estimate of drug-likeness (QED) is 0.405. The summed E-state index contributed by atoms with van der Waals surface area (Å²) in [6.45, 7) is 0. The first-order valence-corrected chi connectivity index (χ1v) is 2.09. The minimum atomic E-state index is -1.42. The number of H-pyrrole nitrogens is 1. The number of rotatable bonds is 1. The maximum absolute atomic E-state index is 9.91. The number of nitrogens with two attached hydrogens (primary N) is 1. The molecule has 48 valence electrons. The second kappa shape index (κ2) is 4.04. The van der Waals surface area contributed by atoms with E-state index >= 15 is 0 Å². The number of hydrogen-bond acceptors (Lipinski definition) is 5. The van der Waals surface area contributed by atoms with Gasteiger partial charge in [-0.1, -0.05) is 0 Å². The van der Waals surface area contributed by atoms with E-state index in [9.17, 15) is 9.90 Å². The van der Waals surface area contributed by atoms with Crippen LogP contribution in [0.25, 0.3) is 0 Å². The van der Waals surface area contributed by atoms with Gasteiger partial charge in [-0.15, -0.1) is 5.10 Å². The number of anilines is 1. The number of carboxylic acid groups (broad SMARTS) is 1. The molecule has 0 aliphatic carbocycles.